The smallest absolute Gasteiger partial charge is 0.263 e. The molecule has 1 amide bonds. The highest BCUT2D eigenvalue weighted by atomic mass is 32.1. The molecule has 0 spiro atoms. The van der Waals surface area contributed by atoms with E-state index in [-0.39, 0.29) is 11.9 Å². The molecular formula is C20H25N3OS. The fraction of sp³-hybridized carbons (Fsp3) is 0.500. The Hall–Kier alpha value is -1.72. The summed E-state index contributed by atoms with van der Waals surface area (Å²) in [4.78, 5) is 18.3. The van der Waals surface area contributed by atoms with Gasteiger partial charge in [-0.15, -0.1) is 11.3 Å². The van der Waals surface area contributed by atoms with Crippen LogP contribution < -0.4 is 11.1 Å². The summed E-state index contributed by atoms with van der Waals surface area (Å²) in [5.41, 5.74) is 8.08. The zero-order valence-corrected chi connectivity index (χ0v) is 15.4. The van der Waals surface area contributed by atoms with Gasteiger partial charge in [0.05, 0.1) is 5.69 Å². The Balaban J connectivity index is 1.53. The van der Waals surface area contributed by atoms with Crippen molar-refractivity contribution in [2.24, 2.45) is 17.6 Å². The second-order valence-electron chi connectivity index (χ2n) is 7.48. The van der Waals surface area contributed by atoms with Crippen molar-refractivity contribution in [3.63, 3.8) is 0 Å². The molecule has 2 atom stereocenters. The largest absolute Gasteiger partial charge is 0.348 e. The lowest BCUT2D eigenvalue weighted by Crippen LogP contribution is -2.53. The van der Waals surface area contributed by atoms with Crippen molar-refractivity contribution < 1.29 is 4.79 Å². The minimum Gasteiger partial charge on any atom is -0.348 e. The number of nitrogens with two attached hydrogens (primary N) is 1. The predicted octanol–water partition coefficient (Wildman–Crippen LogP) is 3.75. The molecule has 2 bridgehead atoms. The standard InChI is InChI=1S/C20H25N3OS/c1-12-18(25-20(22-12)13-6-3-2-4-7-13)19(24)23-17-14-8-5-9-15(17)11-16(21)10-14/h2-4,6-7,14-17H,5,8-11,21H2,1H3,(H,23,24). The lowest BCUT2D eigenvalue weighted by Gasteiger charge is -2.45. The Kier molecular flexibility index (Phi) is 4.61. The van der Waals surface area contributed by atoms with E-state index in [0.29, 0.717) is 17.9 Å². The Morgan fingerprint density at radius 3 is 2.56 bits per heavy atom. The number of hydrogen-bond acceptors (Lipinski definition) is 4. The van der Waals surface area contributed by atoms with Crippen molar-refractivity contribution in [3.05, 3.63) is 40.9 Å². The van der Waals surface area contributed by atoms with E-state index in [9.17, 15) is 4.79 Å². The number of nitrogens with one attached hydrogen (secondary N) is 1. The summed E-state index contributed by atoms with van der Waals surface area (Å²) in [6, 6.07) is 10.6. The van der Waals surface area contributed by atoms with E-state index < -0.39 is 0 Å². The van der Waals surface area contributed by atoms with Crippen molar-refractivity contribution in [1.82, 2.24) is 10.3 Å². The van der Waals surface area contributed by atoms with Gasteiger partial charge in [0.25, 0.3) is 5.91 Å². The van der Waals surface area contributed by atoms with Crippen LogP contribution in [0.3, 0.4) is 0 Å². The number of carbonyl (C=O) groups is 1. The van der Waals surface area contributed by atoms with Crippen molar-refractivity contribution in [3.8, 4) is 10.6 Å². The molecule has 2 unspecified atom stereocenters. The minimum atomic E-state index is 0.0366. The van der Waals surface area contributed by atoms with Crippen LogP contribution >= 0.6 is 11.3 Å². The van der Waals surface area contributed by atoms with Crippen molar-refractivity contribution in [2.45, 2.75) is 51.1 Å². The number of nitrogens with zero attached hydrogens (tertiary/aromatic N) is 1. The maximum atomic E-state index is 12.9. The highest BCUT2D eigenvalue weighted by Crippen LogP contribution is 2.40. The van der Waals surface area contributed by atoms with Crippen LogP contribution in [-0.4, -0.2) is 23.0 Å². The molecule has 1 heterocycles. The van der Waals surface area contributed by atoms with Crippen LogP contribution in [0.1, 0.15) is 47.5 Å². The summed E-state index contributed by atoms with van der Waals surface area (Å²) in [7, 11) is 0. The number of carbonyl (C=O) groups excluding carboxylic acids is 1. The molecule has 2 aliphatic carbocycles. The van der Waals surface area contributed by atoms with Crippen LogP contribution in [0.25, 0.3) is 10.6 Å². The van der Waals surface area contributed by atoms with E-state index in [4.69, 9.17) is 5.73 Å². The van der Waals surface area contributed by atoms with E-state index in [1.165, 1.54) is 30.6 Å². The molecule has 2 aromatic rings. The number of aromatic nitrogens is 1. The summed E-state index contributed by atoms with van der Waals surface area (Å²) in [6.45, 7) is 1.93. The molecule has 132 valence electrons. The monoisotopic (exact) mass is 355 g/mol. The zero-order valence-electron chi connectivity index (χ0n) is 14.6. The van der Waals surface area contributed by atoms with E-state index in [2.05, 4.69) is 10.3 Å². The lowest BCUT2D eigenvalue weighted by molar-refractivity contribution is 0.0759. The molecule has 0 saturated heterocycles. The quantitative estimate of drug-likeness (QED) is 0.881. The predicted molar refractivity (Wildman–Crippen MR) is 102 cm³/mol. The molecular weight excluding hydrogens is 330 g/mol. The molecule has 25 heavy (non-hydrogen) atoms. The first-order valence-electron chi connectivity index (χ1n) is 9.21. The number of hydrogen-bond donors (Lipinski definition) is 2. The number of amides is 1. The van der Waals surface area contributed by atoms with Crippen LogP contribution in [0.5, 0.6) is 0 Å². The Morgan fingerprint density at radius 2 is 1.88 bits per heavy atom. The van der Waals surface area contributed by atoms with Crippen LogP contribution in [-0.2, 0) is 0 Å². The third kappa shape index (κ3) is 3.35. The first kappa shape index (κ1) is 16.7. The van der Waals surface area contributed by atoms with E-state index in [1.54, 1.807) is 0 Å². The highest BCUT2D eigenvalue weighted by molar-refractivity contribution is 7.17. The summed E-state index contributed by atoms with van der Waals surface area (Å²) < 4.78 is 0. The Bertz CT molecular complexity index is 744. The summed E-state index contributed by atoms with van der Waals surface area (Å²) in [5.74, 6) is 1.11. The third-order valence-corrected chi connectivity index (χ3v) is 6.90. The summed E-state index contributed by atoms with van der Waals surface area (Å²) >= 11 is 1.49. The topological polar surface area (TPSA) is 68.0 Å². The molecule has 1 aromatic carbocycles. The summed E-state index contributed by atoms with van der Waals surface area (Å²) in [6.07, 6.45) is 5.72. The van der Waals surface area contributed by atoms with Crippen LogP contribution in [0.2, 0.25) is 0 Å². The van der Waals surface area contributed by atoms with Crippen LogP contribution in [0, 0.1) is 18.8 Å². The van der Waals surface area contributed by atoms with Gasteiger partial charge >= 0.3 is 0 Å². The molecule has 3 N–H and O–H groups in total. The van der Waals surface area contributed by atoms with Gasteiger partial charge in [0, 0.05) is 17.6 Å². The second kappa shape index (κ2) is 6.89. The van der Waals surface area contributed by atoms with E-state index in [0.717, 1.165) is 34.0 Å². The van der Waals surface area contributed by atoms with Gasteiger partial charge in [0.2, 0.25) is 0 Å². The normalized spacial score (nSPS) is 28.6. The zero-order chi connectivity index (χ0) is 17.4. The summed E-state index contributed by atoms with van der Waals surface area (Å²) in [5, 5.41) is 4.25. The molecule has 0 aliphatic heterocycles. The Labute approximate surface area is 152 Å². The highest BCUT2D eigenvalue weighted by Gasteiger charge is 2.40. The molecule has 4 nitrogen and oxygen atoms in total. The van der Waals surface area contributed by atoms with Gasteiger partial charge in [-0.2, -0.15) is 0 Å². The van der Waals surface area contributed by atoms with Crippen LogP contribution in [0.4, 0.5) is 0 Å². The van der Waals surface area contributed by atoms with Crippen molar-refractivity contribution in [1.29, 1.82) is 0 Å². The molecule has 4 rings (SSSR count). The fourth-order valence-electron chi connectivity index (χ4n) is 4.55. The van der Waals surface area contributed by atoms with Gasteiger partial charge < -0.3 is 11.1 Å². The maximum absolute atomic E-state index is 12.9. The van der Waals surface area contributed by atoms with Gasteiger partial charge in [-0.05, 0) is 44.4 Å². The molecule has 5 heteroatoms. The maximum Gasteiger partial charge on any atom is 0.263 e. The minimum absolute atomic E-state index is 0.0366. The van der Waals surface area contributed by atoms with E-state index in [1.807, 2.05) is 37.3 Å². The number of thiazole rings is 1. The number of fused-ring (bicyclic) bond motifs is 2. The van der Waals surface area contributed by atoms with Gasteiger partial charge in [-0.1, -0.05) is 36.8 Å². The SMILES string of the molecule is Cc1nc(-c2ccccc2)sc1C(=O)NC1C2CCCC1CC(N)C2. The van der Waals surface area contributed by atoms with Gasteiger partial charge in [-0.25, -0.2) is 4.98 Å². The van der Waals surface area contributed by atoms with Gasteiger partial charge in [0.15, 0.2) is 0 Å². The van der Waals surface area contributed by atoms with Gasteiger partial charge in [0.1, 0.15) is 9.88 Å². The number of benzene rings is 1. The molecule has 2 saturated carbocycles. The molecule has 2 aliphatic rings. The number of rotatable bonds is 3. The van der Waals surface area contributed by atoms with Crippen molar-refractivity contribution >= 4 is 17.2 Å². The van der Waals surface area contributed by atoms with Crippen molar-refractivity contribution in [2.75, 3.05) is 0 Å². The first-order valence-corrected chi connectivity index (χ1v) is 10.0. The Morgan fingerprint density at radius 1 is 1.20 bits per heavy atom. The van der Waals surface area contributed by atoms with Gasteiger partial charge in [-0.3, -0.25) is 4.79 Å². The van der Waals surface area contributed by atoms with E-state index >= 15 is 0 Å². The average Bonchev–Trinajstić information content (AvgIpc) is 2.98. The second-order valence-corrected chi connectivity index (χ2v) is 8.48. The third-order valence-electron chi connectivity index (χ3n) is 5.70. The average molecular weight is 356 g/mol. The molecule has 0 radical (unpaired) electrons. The molecule has 1 aromatic heterocycles. The first-order chi connectivity index (χ1) is 12.1. The molecule has 2 fully saturated rings. The number of aryl methyl sites for hydroxylation is 1. The van der Waals surface area contributed by atoms with Crippen LogP contribution in [0.15, 0.2) is 30.3 Å². The fourth-order valence-corrected chi connectivity index (χ4v) is 5.53. The lowest BCUT2D eigenvalue weighted by atomic mass is 9.67.